The summed E-state index contributed by atoms with van der Waals surface area (Å²) in [6, 6.07) is 4.44. The minimum Gasteiger partial charge on any atom is -0.487 e. The topological polar surface area (TPSA) is 89.7 Å². The Kier molecular flexibility index (Phi) is 4.89. The highest BCUT2D eigenvalue weighted by atomic mass is 79.9. The fourth-order valence-corrected chi connectivity index (χ4v) is 1.51. The molecule has 1 aromatic carbocycles. The molecular weight excluding hydrogens is 294 g/mol. The molecule has 0 fully saturated rings. The number of hydrogen-bond donors (Lipinski definition) is 1. The van der Waals surface area contributed by atoms with Crippen molar-refractivity contribution in [1.29, 1.82) is 0 Å². The zero-order valence-electron chi connectivity index (χ0n) is 8.76. The molecular formula is C10H10BrNO5. The summed E-state index contributed by atoms with van der Waals surface area (Å²) in [5.74, 6) is -0.775. The van der Waals surface area contributed by atoms with E-state index in [1.807, 2.05) is 0 Å². The second-order valence-corrected chi connectivity index (χ2v) is 4.13. The van der Waals surface area contributed by atoms with Gasteiger partial charge in [-0.25, -0.2) is 0 Å². The highest BCUT2D eigenvalue weighted by Crippen LogP contribution is 2.30. The van der Waals surface area contributed by atoms with E-state index in [0.29, 0.717) is 10.9 Å². The van der Waals surface area contributed by atoms with Gasteiger partial charge in [0.15, 0.2) is 5.75 Å². The van der Waals surface area contributed by atoms with E-state index in [-0.39, 0.29) is 24.5 Å². The Balaban J connectivity index is 2.64. The van der Waals surface area contributed by atoms with Crippen molar-refractivity contribution < 1.29 is 19.6 Å². The minimum absolute atomic E-state index is 0.0235. The Morgan fingerprint density at radius 2 is 2.24 bits per heavy atom. The second kappa shape index (κ2) is 6.19. The molecule has 0 aliphatic rings. The smallest absolute Gasteiger partial charge is 0.312 e. The molecule has 0 radical (unpaired) electrons. The van der Waals surface area contributed by atoms with E-state index in [4.69, 9.17) is 9.84 Å². The molecule has 0 atom stereocenters. The Hall–Kier alpha value is -1.63. The van der Waals surface area contributed by atoms with Crippen LogP contribution >= 0.6 is 15.9 Å². The number of nitro groups is 1. The second-order valence-electron chi connectivity index (χ2n) is 3.21. The van der Waals surface area contributed by atoms with Gasteiger partial charge in [0.1, 0.15) is 0 Å². The van der Waals surface area contributed by atoms with E-state index in [1.165, 1.54) is 12.1 Å². The fourth-order valence-electron chi connectivity index (χ4n) is 1.16. The molecule has 0 saturated heterocycles. The molecule has 0 aliphatic carbocycles. The summed E-state index contributed by atoms with van der Waals surface area (Å²) in [6.07, 6.45) is 0.285. The first-order chi connectivity index (χ1) is 8.00. The fraction of sp³-hybridized carbons (Fsp3) is 0.300. The van der Waals surface area contributed by atoms with Gasteiger partial charge in [0.05, 0.1) is 11.5 Å². The number of rotatable bonds is 6. The Morgan fingerprint density at radius 1 is 1.53 bits per heavy atom. The highest BCUT2D eigenvalue weighted by molar-refractivity contribution is 9.10. The third-order valence-electron chi connectivity index (χ3n) is 1.91. The molecule has 0 bridgehead atoms. The van der Waals surface area contributed by atoms with Gasteiger partial charge in [0.2, 0.25) is 0 Å². The molecule has 1 N–H and O–H groups in total. The van der Waals surface area contributed by atoms with Crippen LogP contribution in [0.3, 0.4) is 0 Å². The van der Waals surface area contributed by atoms with Crippen LogP contribution in [-0.4, -0.2) is 22.6 Å². The van der Waals surface area contributed by atoms with E-state index in [9.17, 15) is 14.9 Å². The number of carboxylic acids is 1. The maximum atomic E-state index is 10.7. The molecule has 6 nitrogen and oxygen atoms in total. The lowest BCUT2D eigenvalue weighted by molar-refractivity contribution is -0.385. The first kappa shape index (κ1) is 13.4. The Labute approximate surface area is 105 Å². The lowest BCUT2D eigenvalue weighted by atomic mass is 10.3. The molecule has 0 spiro atoms. The summed E-state index contributed by atoms with van der Waals surface area (Å²) in [7, 11) is 0. The van der Waals surface area contributed by atoms with E-state index in [0.717, 1.165) is 0 Å². The van der Waals surface area contributed by atoms with E-state index in [2.05, 4.69) is 15.9 Å². The van der Waals surface area contributed by atoms with Crippen LogP contribution in [0, 0.1) is 10.1 Å². The standard InChI is InChI=1S/C10H10BrNO5/c11-7-3-4-9(8(6-7)12(15)16)17-5-1-2-10(13)14/h3-4,6H,1-2,5H2,(H,13,14). The van der Waals surface area contributed by atoms with Gasteiger partial charge in [0, 0.05) is 17.0 Å². The van der Waals surface area contributed by atoms with Gasteiger partial charge < -0.3 is 9.84 Å². The molecule has 0 amide bonds. The minimum atomic E-state index is -0.918. The van der Waals surface area contributed by atoms with Gasteiger partial charge in [-0.3, -0.25) is 14.9 Å². The number of ether oxygens (including phenoxy) is 1. The van der Waals surface area contributed by atoms with Crippen LogP contribution < -0.4 is 4.74 Å². The molecule has 7 heteroatoms. The molecule has 92 valence electrons. The number of nitrogens with zero attached hydrogens (tertiary/aromatic N) is 1. The molecule has 0 heterocycles. The Bertz CT molecular complexity index is 435. The lowest BCUT2D eigenvalue weighted by Crippen LogP contribution is -2.03. The van der Waals surface area contributed by atoms with Gasteiger partial charge in [-0.1, -0.05) is 15.9 Å². The monoisotopic (exact) mass is 303 g/mol. The van der Waals surface area contributed by atoms with Crippen molar-refractivity contribution in [2.24, 2.45) is 0 Å². The number of carboxylic acid groups (broad SMARTS) is 1. The van der Waals surface area contributed by atoms with Crippen molar-refractivity contribution in [3.05, 3.63) is 32.8 Å². The predicted molar refractivity (Wildman–Crippen MR) is 63.2 cm³/mol. The van der Waals surface area contributed by atoms with E-state index >= 15 is 0 Å². The summed E-state index contributed by atoms with van der Waals surface area (Å²) < 4.78 is 5.76. The van der Waals surface area contributed by atoms with Crippen molar-refractivity contribution in [2.75, 3.05) is 6.61 Å². The molecule has 1 aromatic rings. The SMILES string of the molecule is O=C(O)CCCOc1ccc(Br)cc1[N+](=O)[O-]. The predicted octanol–water partition coefficient (Wildman–Crippen LogP) is 2.60. The number of aliphatic carboxylic acids is 1. The molecule has 0 saturated carbocycles. The third kappa shape index (κ3) is 4.39. The van der Waals surface area contributed by atoms with Crippen LogP contribution in [0.1, 0.15) is 12.8 Å². The summed E-state index contributed by atoms with van der Waals surface area (Å²) in [5.41, 5.74) is -0.144. The van der Waals surface area contributed by atoms with Gasteiger partial charge in [-0.15, -0.1) is 0 Å². The maximum Gasteiger partial charge on any atom is 0.312 e. The molecule has 0 unspecified atom stereocenters. The zero-order chi connectivity index (χ0) is 12.8. The summed E-state index contributed by atoms with van der Waals surface area (Å²) in [6.45, 7) is 0.134. The van der Waals surface area contributed by atoms with Gasteiger partial charge in [-0.05, 0) is 18.6 Å². The molecule has 0 aliphatic heterocycles. The van der Waals surface area contributed by atoms with Gasteiger partial charge in [-0.2, -0.15) is 0 Å². The van der Waals surface area contributed by atoms with Crippen LogP contribution in [0.4, 0.5) is 5.69 Å². The number of benzene rings is 1. The van der Waals surface area contributed by atoms with Crippen LogP contribution in [0.15, 0.2) is 22.7 Å². The number of halogens is 1. The van der Waals surface area contributed by atoms with Crippen molar-refractivity contribution >= 4 is 27.6 Å². The third-order valence-corrected chi connectivity index (χ3v) is 2.40. The summed E-state index contributed by atoms with van der Waals surface area (Å²) >= 11 is 3.13. The molecule has 17 heavy (non-hydrogen) atoms. The van der Waals surface area contributed by atoms with Crippen LogP contribution in [-0.2, 0) is 4.79 Å². The number of carbonyl (C=O) groups is 1. The summed E-state index contributed by atoms with van der Waals surface area (Å²) in [4.78, 5) is 20.4. The summed E-state index contributed by atoms with van der Waals surface area (Å²) in [5, 5.41) is 19.1. The van der Waals surface area contributed by atoms with Gasteiger partial charge in [0.25, 0.3) is 0 Å². The van der Waals surface area contributed by atoms with E-state index in [1.54, 1.807) is 6.07 Å². The van der Waals surface area contributed by atoms with Crippen molar-refractivity contribution in [1.82, 2.24) is 0 Å². The average Bonchev–Trinajstić information content (AvgIpc) is 2.25. The average molecular weight is 304 g/mol. The van der Waals surface area contributed by atoms with Crippen molar-refractivity contribution in [2.45, 2.75) is 12.8 Å². The number of hydrogen-bond acceptors (Lipinski definition) is 4. The van der Waals surface area contributed by atoms with Crippen LogP contribution in [0.25, 0.3) is 0 Å². The van der Waals surface area contributed by atoms with Crippen LogP contribution in [0.2, 0.25) is 0 Å². The quantitative estimate of drug-likeness (QED) is 0.495. The Morgan fingerprint density at radius 3 is 2.82 bits per heavy atom. The zero-order valence-corrected chi connectivity index (χ0v) is 10.3. The normalized spacial score (nSPS) is 9.94. The van der Waals surface area contributed by atoms with E-state index < -0.39 is 10.9 Å². The van der Waals surface area contributed by atoms with Crippen LogP contribution in [0.5, 0.6) is 5.75 Å². The van der Waals surface area contributed by atoms with Crippen molar-refractivity contribution in [3.8, 4) is 5.75 Å². The van der Waals surface area contributed by atoms with Gasteiger partial charge >= 0.3 is 11.7 Å². The lowest BCUT2D eigenvalue weighted by Gasteiger charge is -2.05. The molecule has 1 rings (SSSR count). The first-order valence-electron chi connectivity index (χ1n) is 4.79. The largest absolute Gasteiger partial charge is 0.487 e. The number of nitro benzene ring substituents is 1. The highest BCUT2D eigenvalue weighted by Gasteiger charge is 2.15. The molecule has 0 aromatic heterocycles. The first-order valence-corrected chi connectivity index (χ1v) is 5.58. The van der Waals surface area contributed by atoms with Crippen molar-refractivity contribution in [3.63, 3.8) is 0 Å². The maximum absolute atomic E-state index is 10.7.